The highest BCUT2D eigenvalue weighted by Crippen LogP contribution is 2.67. The average Bonchev–Trinajstić information content (AvgIpc) is 2.77. The zero-order valence-electron chi connectivity index (χ0n) is 27.8. The first-order valence-corrected chi connectivity index (χ1v) is 15.1. The number of piperidine rings is 2. The maximum absolute atomic E-state index is 14.0. The molecular formula is C34H56N2O5. The monoisotopic (exact) mass is 572 g/mol. The molecule has 3 rings (SSSR count). The first-order chi connectivity index (χ1) is 18.3. The Bertz CT molecular complexity index is 1070. The number of carbonyl (C=O) groups is 2. The lowest BCUT2D eigenvalue weighted by atomic mass is 9.38. The third-order valence-electron chi connectivity index (χ3n) is 11.6. The van der Waals surface area contributed by atoms with Gasteiger partial charge in [-0.3, -0.25) is 19.4 Å². The number of carboxylic acid groups (broad SMARTS) is 2. The van der Waals surface area contributed by atoms with Crippen LogP contribution < -0.4 is 0 Å². The third-order valence-corrected chi connectivity index (χ3v) is 11.6. The Morgan fingerprint density at radius 3 is 1.22 bits per heavy atom. The summed E-state index contributed by atoms with van der Waals surface area (Å²) in [6.07, 6.45) is 2.55. The van der Waals surface area contributed by atoms with Crippen LogP contribution in [0.2, 0.25) is 0 Å². The predicted molar refractivity (Wildman–Crippen MR) is 164 cm³/mol. The molecular weight excluding hydrogens is 516 g/mol. The summed E-state index contributed by atoms with van der Waals surface area (Å²) in [6, 6.07) is 6.80. The zero-order valence-corrected chi connectivity index (χ0v) is 27.8. The maximum Gasteiger partial charge on any atom is 0.322 e. The minimum atomic E-state index is -2.17. The minimum absolute atomic E-state index is 0.0720. The molecule has 0 atom stereocenters. The Morgan fingerprint density at radius 1 is 0.683 bits per heavy atom. The maximum atomic E-state index is 14.0. The van der Waals surface area contributed by atoms with Gasteiger partial charge < -0.3 is 15.3 Å². The highest BCUT2D eigenvalue weighted by molar-refractivity contribution is 6.01. The molecule has 0 aliphatic carbocycles. The number of phenols is 1. The number of hydrogen-bond donors (Lipinski definition) is 3. The van der Waals surface area contributed by atoms with Gasteiger partial charge in [0.05, 0.1) is 0 Å². The van der Waals surface area contributed by atoms with Crippen LogP contribution in [0.4, 0.5) is 0 Å². The topological polar surface area (TPSA) is 101 Å². The molecule has 1 aromatic rings. The van der Waals surface area contributed by atoms with Crippen molar-refractivity contribution in [2.75, 3.05) is 14.1 Å². The van der Waals surface area contributed by atoms with E-state index in [4.69, 9.17) is 0 Å². The van der Waals surface area contributed by atoms with Gasteiger partial charge >= 0.3 is 11.9 Å². The number of benzene rings is 1. The van der Waals surface area contributed by atoms with Crippen molar-refractivity contribution in [3.8, 4) is 5.75 Å². The Kier molecular flexibility index (Phi) is 8.12. The van der Waals surface area contributed by atoms with E-state index in [1.54, 1.807) is 45.0 Å². The minimum Gasteiger partial charge on any atom is -0.508 e. The van der Waals surface area contributed by atoms with Crippen molar-refractivity contribution in [2.24, 2.45) is 22.7 Å². The highest BCUT2D eigenvalue weighted by Gasteiger charge is 2.75. The fourth-order valence-electron chi connectivity index (χ4n) is 9.46. The summed E-state index contributed by atoms with van der Waals surface area (Å²) in [5.41, 5.74) is -5.19. The zero-order chi connectivity index (χ0) is 31.8. The quantitative estimate of drug-likeness (QED) is 0.329. The molecule has 0 spiro atoms. The van der Waals surface area contributed by atoms with E-state index in [0.29, 0.717) is 31.2 Å². The number of rotatable bonds is 6. The molecule has 7 nitrogen and oxygen atoms in total. The van der Waals surface area contributed by atoms with E-state index in [9.17, 15) is 24.9 Å². The van der Waals surface area contributed by atoms with Crippen molar-refractivity contribution >= 4 is 11.9 Å². The number of carboxylic acids is 2. The molecule has 0 bridgehead atoms. The van der Waals surface area contributed by atoms with E-state index >= 15 is 0 Å². The largest absolute Gasteiger partial charge is 0.508 e. The van der Waals surface area contributed by atoms with Crippen LogP contribution in [-0.2, 0) is 15.0 Å². The van der Waals surface area contributed by atoms with E-state index in [1.807, 2.05) is 0 Å². The number of likely N-dealkylation sites (tertiary alicyclic amines) is 2. The van der Waals surface area contributed by atoms with Crippen molar-refractivity contribution in [1.29, 1.82) is 0 Å². The Morgan fingerprint density at radius 2 is 0.976 bits per heavy atom. The fraction of sp³-hybridized carbons (Fsp3) is 0.765. The van der Waals surface area contributed by atoms with Crippen molar-refractivity contribution in [1.82, 2.24) is 9.80 Å². The Balaban J connectivity index is 2.65. The molecule has 2 heterocycles. The number of nitrogens with zero attached hydrogens (tertiary/aromatic N) is 2. The van der Waals surface area contributed by atoms with Crippen LogP contribution in [0.5, 0.6) is 5.75 Å². The van der Waals surface area contributed by atoms with Gasteiger partial charge in [0.1, 0.15) is 5.75 Å². The number of aromatic hydroxyl groups is 1. The molecule has 232 valence electrons. The van der Waals surface area contributed by atoms with E-state index in [2.05, 4.69) is 79.3 Å². The van der Waals surface area contributed by atoms with Crippen molar-refractivity contribution < 1.29 is 24.9 Å². The van der Waals surface area contributed by atoms with Gasteiger partial charge in [0, 0.05) is 27.6 Å². The van der Waals surface area contributed by atoms with E-state index in [0.717, 1.165) is 0 Å². The summed E-state index contributed by atoms with van der Waals surface area (Å²) in [4.78, 5) is 32.7. The van der Waals surface area contributed by atoms with Crippen molar-refractivity contribution in [3.63, 3.8) is 0 Å². The van der Waals surface area contributed by atoms with Gasteiger partial charge in [-0.1, -0.05) is 32.9 Å². The third kappa shape index (κ3) is 4.89. The van der Waals surface area contributed by atoms with Gasteiger partial charge in [-0.05, 0) is 130 Å². The molecule has 0 amide bonds. The van der Waals surface area contributed by atoms with Crippen LogP contribution >= 0.6 is 0 Å². The summed E-state index contributed by atoms with van der Waals surface area (Å²) in [5, 5.41) is 33.2. The summed E-state index contributed by atoms with van der Waals surface area (Å²) >= 11 is 0. The van der Waals surface area contributed by atoms with Crippen LogP contribution in [0.15, 0.2) is 24.3 Å². The lowest BCUT2D eigenvalue weighted by Crippen LogP contribution is -2.73. The molecule has 0 radical (unpaired) electrons. The van der Waals surface area contributed by atoms with Gasteiger partial charge in [0.2, 0.25) is 0 Å². The smallest absolute Gasteiger partial charge is 0.322 e. The second kappa shape index (κ2) is 9.97. The molecule has 41 heavy (non-hydrogen) atoms. The van der Waals surface area contributed by atoms with Crippen LogP contribution in [0.3, 0.4) is 0 Å². The molecule has 0 unspecified atom stereocenters. The van der Waals surface area contributed by atoms with Gasteiger partial charge in [0.15, 0.2) is 5.41 Å². The van der Waals surface area contributed by atoms with E-state index in [-0.39, 0.29) is 39.7 Å². The first-order valence-electron chi connectivity index (χ1n) is 15.1. The molecule has 0 aromatic heterocycles. The summed E-state index contributed by atoms with van der Waals surface area (Å²) in [7, 11) is 4.23. The predicted octanol–water partition coefficient (Wildman–Crippen LogP) is 6.63. The molecule has 0 saturated carbocycles. The Hall–Kier alpha value is -2.12. The fourth-order valence-corrected chi connectivity index (χ4v) is 9.46. The molecule has 7 heteroatoms. The normalized spacial score (nSPS) is 24.2. The summed E-state index contributed by atoms with van der Waals surface area (Å²) in [6.45, 7) is 22.8. The number of phenolic OH excluding ortho intramolecular Hbond substituents is 1. The lowest BCUT2D eigenvalue weighted by molar-refractivity contribution is -0.204. The van der Waals surface area contributed by atoms with Crippen LogP contribution in [0, 0.1) is 22.7 Å². The molecule has 2 saturated heterocycles. The van der Waals surface area contributed by atoms with E-state index in [1.165, 1.54) is 0 Å². The van der Waals surface area contributed by atoms with E-state index < -0.39 is 28.2 Å². The van der Waals surface area contributed by atoms with Crippen LogP contribution in [0.25, 0.3) is 0 Å². The van der Waals surface area contributed by atoms with Crippen molar-refractivity contribution in [3.05, 3.63) is 29.8 Å². The van der Waals surface area contributed by atoms with Gasteiger partial charge in [-0.15, -0.1) is 0 Å². The Labute approximate surface area is 248 Å². The molecule has 1 aromatic carbocycles. The van der Waals surface area contributed by atoms with Gasteiger partial charge in [-0.2, -0.15) is 0 Å². The second-order valence-electron chi connectivity index (χ2n) is 16.6. The SMILES string of the molecule is CN1C(C)(C)CC(C(c2ccc(O)cc2)(C2CC(C)(C)N(C)C(C)(C)C2)C(C(=O)O)(C(=O)O)C(C)(C)C)CC1(C)C. The van der Waals surface area contributed by atoms with Crippen LogP contribution in [-0.4, -0.2) is 73.3 Å². The summed E-state index contributed by atoms with van der Waals surface area (Å²) < 4.78 is 0. The van der Waals surface area contributed by atoms with Crippen LogP contribution in [0.1, 0.15) is 107 Å². The first kappa shape index (κ1) is 33.4. The number of aliphatic carboxylic acids is 2. The van der Waals surface area contributed by atoms with Crippen molar-refractivity contribution in [2.45, 2.75) is 129 Å². The van der Waals surface area contributed by atoms with Gasteiger partial charge in [0.25, 0.3) is 0 Å². The standard InChI is InChI=1S/C34H56N2O5/c1-28(2,3)34(26(38)39,27(40)41)33(22-14-16-25(37)17-15-22,23-18-29(4,5)35(12)30(6,7)19-23)24-20-31(8,9)36(13)32(10,11)21-24/h14-17,23-24,37H,18-21H2,1-13H3,(H,38,39)(H,40,41). The summed E-state index contributed by atoms with van der Waals surface area (Å²) in [5.74, 6) is -3.08. The second-order valence-corrected chi connectivity index (χ2v) is 16.6. The molecule has 2 aliphatic heterocycles. The molecule has 3 N–H and O–H groups in total. The van der Waals surface area contributed by atoms with Gasteiger partial charge in [-0.25, -0.2) is 0 Å². The number of hydrogen-bond acceptors (Lipinski definition) is 5. The average molecular weight is 573 g/mol. The lowest BCUT2D eigenvalue weighted by Gasteiger charge is -2.67. The molecule has 2 aliphatic rings. The molecule has 2 fully saturated rings. The highest BCUT2D eigenvalue weighted by atomic mass is 16.4.